The topological polar surface area (TPSA) is 56.7 Å². The number of nitrogens with one attached hydrogen (secondary N) is 2. The van der Waals surface area contributed by atoms with Crippen LogP contribution >= 0.6 is 11.8 Å². The van der Waals surface area contributed by atoms with Gasteiger partial charge in [-0.15, -0.1) is 0 Å². The Morgan fingerprint density at radius 2 is 2.06 bits per heavy atom. The third kappa shape index (κ3) is 7.39. The molecule has 0 rings (SSSR count). The van der Waals surface area contributed by atoms with E-state index in [-0.39, 0.29) is 12.5 Å². The number of guanidine groups is 1. The van der Waals surface area contributed by atoms with Crippen LogP contribution in [0.15, 0.2) is 4.99 Å². The maximum Gasteiger partial charge on any atom is 0.243 e. The summed E-state index contributed by atoms with van der Waals surface area (Å²) in [4.78, 5) is 17.1. The van der Waals surface area contributed by atoms with Crippen LogP contribution < -0.4 is 10.6 Å². The van der Waals surface area contributed by atoms with Crippen LogP contribution in [-0.4, -0.2) is 62.5 Å². The molecule has 5 nitrogen and oxygen atoms in total. The van der Waals surface area contributed by atoms with Crippen molar-refractivity contribution in [2.45, 2.75) is 6.92 Å². The van der Waals surface area contributed by atoms with Crippen LogP contribution in [-0.2, 0) is 4.79 Å². The first-order chi connectivity index (χ1) is 7.61. The molecule has 0 fully saturated rings. The van der Waals surface area contributed by atoms with E-state index in [0.717, 1.165) is 18.8 Å². The van der Waals surface area contributed by atoms with Crippen molar-refractivity contribution in [1.82, 2.24) is 15.5 Å². The van der Waals surface area contributed by atoms with Gasteiger partial charge in [-0.2, -0.15) is 11.8 Å². The second kappa shape index (κ2) is 9.33. The molecule has 0 bridgehead atoms. The molecule has 0 unspecified atom stereocenters. The molecule has 6 heteroatoms. The van der Waals surface area contributed by atoms with Crippen molar-refractivity contribution in [2.75, 3.05) is 45.7 Å². The molecule has 0 aromatic rings. The summed E-state index contributed by atoms with van der Waals surface area (Å²) in [5.74, 6) is 1.72. The van der Waals surface area contributed by atoms with Gasteiger partial charge in [0.1, 0.15) is 6.54 Å². The van der Waals surface area contributed by atoms with Gasteiger partial charge in [-0.25, -0.2) is 4.99 Å². The fourth-order valence-corrected chi connectivity index (χ4v) is 1.21. The zero-order valence-electron chi connectivity index (χ0n) is 10.5. The van der Waals surface area contributed by atoms with Gasteiger partial charge in [-0.1, -0.05) is 0 Å². The first-order valence-corrected chi connectivity index (χ1v) is 6.72. The summed E-state index contributed by atoms with van der Waals surface area (Å²) in [7, 11) is 3.46. The van der Waals surface area contributed by atoms with Crippen molar-refractivity contribution in [3.05, 3.63) is 0 Å². The highest BCUT2D eigenvalue weighted by atomic mass is 32.2. The van der Waals surface area contributed by atoms with E-state index < -0.39 is 0 Å². The van der Waals surface area contributed by atoms with Crippen molar-refractivity contribution in [1.29, 1.82) is 0 Å². The van der Waals surface area contributed by atoms with Crippen LogP contribution in [0.2, 0.25) is 0 Å². The lowest BCUT2D eigenvalue weighted by atomic mass is 10.5. The Bertz CT molecular complexity index is 231. The summed E-state index contributed by atoms with van der Waals surface area (Å²) in [5.41, 5.74) is 0. The van der Waals surface area contributed by atoms with Crippen molar-refractivity contribution in [3.63, 3.8) is 0 Å². The smallest absolute Gasteiger partial charge is 0.243 e. The average Bonchev–Trinajstić information content (AvgIpc) is 2.25. The third-order valence-corrected chi connectivity index (χ3v) is 2.43. The SMILES string of the molecule is CCNC(=NCC(=O)N(C)C)NCCSC. The quantitative estimate of drug-likeness (QED) is 0.393. The molecule has 0 aromatic carbocycles. The zero-order chi connectivity index (χ0) is 12.4. The van der Waals surface area contributed by atoms with Gasteiger partial charge in [-0.05, 0) is 13.2 Å². The summed E-state index contributed by atoms with van der Waals surface area (Å²) >= 11 is 1.77. The monoisotopic (exact) mass is 246 g/mol. The van der Waals surface area contributed by atoms with Crippen molar-refractivity contribution in [3.8, 4) is 0 Å². The number of amides is 1. The Balaban J connectivity index is 4.07. The summed E-state index contributed by atoms with van der Waals surface area (Å²) in [5, 5.41) is 6.26. The predicted octanol–water partition coefficient (Wildman–Crippen LogP) is -0.00730. The van der Waals surface area contributed by atoms with E-state index in [4.69, 9.17) is 0 Å². The molecule has 2 N–H and O–H groups in total. The average molecular weight is 246 g/mol. The third-order valence-electron chi connectivity index (χ3n) is 1.81. The van der Waals surface area contributed by atoms with Gasteiger partial charge in [-0.3, -0.25) is 4.79 Å². The largest absolute Gasteiger partial charge is 0.357 e. The number of nitrogens with zero attached hydrogens (tertiary/aromatic N) is 2. The summed E-state index contributed by atoms with van der Waals surface area (Å²) in [6, 6.07) is 0. The number of aliphatic imine (C=N–C) groups is 1. The normalized spacial score (nSPS) is 11.1. The van der Waals surface area contributed by atoms with Crippen molar-refractivity contribution in [2.24, 2.45) is 4.99 Å². The van der Waals surface area contributed by atoms with Crippen LogP contribution in [0.4, 0.5) is 0 Å². The van der Waals surface area contributed by atoms with Gasteiger partial charge in [0.05, 0.1) is 0 Å². The van der Waals surface area contributed by atoms with Crippen LogP contribution in [0.25, 0.3) is 0 Å². The van der Waals surface area contributed by atoms with Crippen LogP contribution in [0, 0.1) is 0 Å². The maximum atomic E-state index is 11.3. The number of likely N-dealkylation sites (N-methyl/N-ethyl adjacent to an activating group) is 1. The number of rotatable bonds is 6. The van der Waals surface area contributed by atoms with Crippen LogP contribution in [0.3, 0.4) is 0 Å². The van der Waals surface area contributed by atoms with Crippen molar-refractivity contribution >= 4 is 23.6 Å². The molecule has 0 saturated heterocycles. The fraction of sp³-hybridized carbons (Fsp3) is 0.800. The Labute approximate surface area is 102 Å². The lowest BCUT2D eigenvalue weighted by Crippen LogP contribution is -2.39. The number of thioether (sulfide) groups is 1. The van der Waals surface area contributed by atoms with Crippen LogP contribution in [0.5, 0.6) is 0 Å². The van der Waals surface area contributed by atoms with Gasteiger partial charge in [0.2, 0.25) is 5.91 Å². The van der Waals surface area contributed by atoms with E-state index in [9.17, 15) is 4.79 Å². The van der Waals surface area contributed by atoms with E-state index in [1.807, 2.05) is 6.92 Å². The standard InChI is InChI=1S/C10H22N4OS/c1-5-11-10(12-6-7-16-4)13-8-9(15)14(2)3/h5-8H2,1-4H3,(H2,11,12,13). The number of carbonyl (C=O) groups is 1. The molecule has 1 amide bonds. The molecule has 16 heavy (non-hydrogen) atoms. The first-order valence-electron chi connectivity index (χ1n) is 5.33. The molecule has 0 aromatic heterocycles. The van der Waals surface area contributed by atoms with Crippen LogP contribution in [0.1, 0.15) is 6.92 Å². The Kier molecular flexibility index (Phi) is 8.80. The molecule has 0 aliphatic rings. The van der Waals surface area contributed by atoms with E-state index in [0.29, 0.717) is 5.96 Å². The lowest BCUT2D eigenvalue weighted by Gasteiger charge is -2.12. The second-order valence-corrected chi connectivity index (χ2v) is 4.39. The Hall–Kier alpha value is -0.910. The van der Waals surface area contributed by atoms with Gasteiger partial charge in [0.25, 0.3) is 0 Å². The molecule has 0 aliphatic carbocycles. The minimum Gasteiger partial charge on any atom is -0.357 e. The molecule has 0 heterocycles. The van der Waals surface area contributed by atoms with E-state index >= 15 is 0 Å². The number of hydrogen-bond donors (Lipinski definition) is 2. The molecule has 0 aliphatic heterocycles. The van der Waals surface area contributed by atoms with E-state index in [1.54, 1.807) is 25.9 Å². The van der Waals surface area contributed by atoms with E-state index in [2.05, 4.69) is 21.9 Å². The van der Waals surface area contributed by atoms with Gasteiger partial charge in [0.15, 0.2) is 5.96 Å². The maximum absolute atomic E-state index is 11.3. The van der Waals surface area contributed by atoms with E-state index in [1.165, 1.54) is 4.90 Å². The second-order valence-electron chi connectivity index (χ2n) is 3.40. The highest BCUT2D eigenvalue weighted by Crippen LogP contribution is 1.87. The van der Waals surface area contributed by atoms with Gasteiger partial charge < -0.3 is 15.5 Å². The molecule has 0 atom stereocenters. The minimum atomic E-state index is 0.00192. The highest BCUT2D eigenvalue weighted by molar-refractivity contribution is 7.98. The van der Waals surface area contributed by atoms with Gasteiger partial charge in [0, 0.05) is 32.9 Å². The zero-order valence-corrected chi connectivity index (χ0v) is 11.4. The molecule has 0 radical (unpaired) electrons. The fourth-order valence-electron chi connectivity index (χ4n) is 0.901. The molecular weight excluding hydrogens is 224 g/mol. The minimum absolute atomic E-state index is 0.00192. The number of carbonyl (C=O) groups excluding carboxylic acids is 1. The highest BCUT2D eigenvalue weighted by Gasteiger charge is 2.03. The lowest BCUT2D eigenvalue weighted by molar-refractivity contribution is -0.127. The summed E-state index contributed by atoms with van der Waals surface area (Å²) in [6.45, 7) is 3.82. The number of hydrogen-bond acceptors (Lipinski definition) is 3. The summed E-state index contributed by atoms with van der Waals surface area (Å²) in [6.07, 6.45) is 2.06. The Morgan fingerprint density at radius 3 is 2.56 bits per heavy atom. The first kappa shape index (κ1) is 15.1. The summed E-state index contributed by atoms with van der Waals surface area (Å²) < 4.78 is 0. The molecular formula is C10H22N4OS. The molecule has 94 valence electrons. The Morgan fingerprint density at radius 1 is 1.38 bits per heavy atom. The van der Waals surface area contributed by atoms with Gasteiger partial charge >= 0.3 is 0 Å². The molecule has 0 spiro atoms. The molecule has 0 saturated carbocycles. The van der Waals surface area contributed by atoms with Crippen molar-refractivity contribution < 1.29 is 4.79 Å². The predicted molar refractivity (Wildman–Crippen MR) is 71.1 cm³/mol.